The summed E-state index contributed by atoms with van der Waals surface area (Å²) in [4.78, 5) is 10.9. The molecule has 0 aromatic heterocycles. The second kappa shape index (κ2) is 4.43. The van der Waals surface area contributed by atoms with Crippen LogP contribution in [0, 0.1) is 13.8 Å². The molecule has 0 spiro atoms. The van der Waals surface area contributed by atoms with Gasteiger partial charge in [-0.1, -0.05) is 6.07 Å². The molecule has 0 aliphatic rings. The van der Waals surface area contributed by atoms with Gasteiger partial charge in [-0.25, -0.2) is 8.42 Å². The molecule has 1 aromatic rings. The Morgan fingerprint density at radius 1 is 1.25 bits per heavy atom. The van der Waals surface area contributed by atoms with Crippen LogP contribution < -0.4 is 5.32 Å². The van der Waals surface area contributed by atoms with Crippen LogP contribution in [0.5, 0.6) is 0 Å². The van der Waals surface area contributed by atoms with Gasteiger partial charge < -0.3 is 5.32 Å². The molecule has 0 saturated carbocycles. The minimum Gasteiger partial charge on any atom is -0.326 e. The van der Waals surface area contributed by atoms with E-state index in [4.69, 9.17) is 10.7 Å². The topological polar surface area (TPSA) is 63.2 Å². The lowest BCUT2D eigenvalue weighted by molar-refractivity contribution is -0.114. The Hall–Kier alpha value is -1.07. The zero-order valence-corrected chi connectivity index (χ0v) is 10.7. The lowest BCUT2D eigenvalue weighted by Crippen LogP contribution is -2.08. The number of hydrogen-bond acceptors (Lipinski definition) is 3. The first kappa shape index (κ1) is 13.0. The van der Waals surface area contributed by atoms with Crippen LogP contribution in [0.3, 0.4) is 0 Å². The van der Waals surface area contributed by atoms with Gasteiger partial charge >= 0.3 is 0 Å². The van der Waals surface area contributed by atoms with Crippen molar-refractivity contribution < 1.29 is 13.2 Å². The van der Waals surface area contributed by atoms with Crippen LogP contribution in [-0.2, 0) is 13.8 Å². The van der Waals surface area contributed by atoms with Gasteiger partial charge in [0.15, 0.2) is 0 Å². The molecule has 0 bridgehead atoms. The molecule has 0 radical (unpaired) electrons. The Kier molecular flexibility index (Phi) is 3.60. The smallest absolute Gasteiger partial charge is 0.261 e. The maximum atomic E-state index is 11.3. The third-order valence-electron chi connectivity index (χ3n) is 2.10. The third-order valence-corrected chi connectivity index (χ3v) is 3.56. The largest absolute Gasteiger partial charge is 0.326 e. The van der Waals surface area contributed by atoms with Crippen molar-refractivity contribution in [3.8, 4) is 0 Å². The SMILES string of the molecule is CC(=O)Nc1cc(S(=O)(=O)Cl)c(C)cc1C. The van der Waals surface area contributed by atoms with E-state index < -0.39 is 9.05 Å². The van der Waals surface area contributed by atoms with E-state index in [2.05, 4.69) is 5.32 Å². The maximum absolute atomic E-state index is 11.3. The molecular weight excluding hydrogens is 250 g/mol. The molecule has 0 saturated heterocycles. The monoisotopic (exact) mass is 261 g/mol. The minimum absolute atomic E-state index is 0.0171. The van der Waals surface area contributed by atoms with E-state index >= 15 is 0 Å². The summed E-state index contributed by atoms with van der Waals surface area (Å²) in [6.45, 7) is 4.79. The second-order valence-corrected chi connectivity index (χ2v) is 6.09. The number of benzene rings is 1. The summed E-state index contributed by atoms with van der Waals surface area (Å²) in [5.74, 6) is -0.259. The molecule has 1 N–H and O–H groups in total. The van der Waals surface area contributed by atoms with Gasteiger partial charge in [0.2, 0.25) is 5.91 Å². The Morgan fingerprint density at radius 3 is 2.25 bits per heavy atom. The van der Waals surface area contributed by atoms with E-state index in [1.807, 2.05) is 0 Å². The molecule has 1 rings (SSSR count). The number of carbonyl (C=O) groups excluding carboxylic acids is 1. The van der Waals surface area contributed by atoms with E-state index in [1.165, 1.54) is 13.0 Å². The van der Waals surface area contributed by atoms with Gasteiger partial charge in [-0.05, 0) is 31.0 Å². The van der Waals surface area contributed by atoms with Crippen LogP contribution in [-0.4, -0.2) is 14.3 Å². The molecule has 16 heavy (non-hydrogen) atoms. The van der Waals surface area contributed by atoms with Crippen LogP contribution in [0.2, 0.25) is 0 Å². The van der Waals surface area contributed by atoms with Gasteiger partial charge in [-0.3, -0.25) is 4.79 Å². The van der Waals surface area contributed by atoms with Crippen molar-refractivity contribution in [1.82, 2.24) is 0 Å². The Labute approximate surface area is 99.0 Å². The number of hydrogen-bond donors (Lipinski definition) is 1. The van der Waals surface area contributed by atoms with E-state index in [0.717, 1.165) is 5.56 Å². The van der Waals surface area contributed by atoms with E-state index in [9.17, 15) is 13.2 Å². The maximum Gasteiger partial charge on any atom is 0.261 e. The van der Waals surface area contributed by atoms with Crippen LogP contribution in [0.1, 0.15) is 18.1 Å². The van der Waals surface area contributed by atoms with E-state index in [1.54, 1.807) is 19.9 Å². The lowest BCUT2D eigenvalue weighted by Gasteiger charge is -2.10. The molecule has 88 valence electrons. The fourth-order valence-electron chi connectivity index (χ4n) is 1.42. The number of amides is 1. The fourth-order valence-corrected chi connectivity index (χ4v) is 2.62. The summed E-state index contributed by atoms with van der Waals surface area (Å²) in [7, 11) is 1.50. The highest BCUT2D eigenvalue weighted by atomic mass is 35.7. The quantitative estimate of drug-likeness (QED) is 0.830. The summed E-state index contributed by atoms with van der Waals surface area (Å²) in [6, 6.07) is 3.04. The van der Waals surface area contributed by atoms with Crippen molar-refractivity contribution in [3.05, 3.63) is 23.3 Å². The van der Waals surface area contributed by atoms with Crippen molar-refractivity contribution >= 4 is 31.3 Å². The summed E-state index contributed by atoms with van der Waals surface area (Å²) in [5, 5.41) is 2.55. The molecule has 0 heterocycles. The minimum atomic E-state index is -3.79. The van der Waals surface area contributed by atoms with Crippen molar-refractivity contribution in [1.29, 1.82) is 0 Å². The lowest BCUT2D eigenvalue weighted by atomic mass is 10.1. The molecule has 4 nitrogen and oxygen atoms in total. The molecular formula is C10H12ClNO3S. The summed E-state index contributed by atoms with van der Waals surface area (Å²) in [5.41, 5.74) is 1.80. The predicted octanol–water partition coefficient (Wildman–Crippen LogP) is 2.19. The van der Waals surface area contributed by atoms with Crippen LogP contribution >= 0.6 is 10.7 Å². The first-order valence-corrected chi connectivity index (χ1v) is 6.86. The van der Waals surface area contributed by atoms with Gasteiger partial charge in [0.05, 0.1) is 4.90 Å². The number of rotatable bonds is 2. The number of nitrogens with one attached hydrogen (secondary N) is 1. The average molecular weight is 262 g/mol. The highest BCUT2D eigenvalue weighted by Crippen LogP contribution is 2.26. The Morgan fingerprint density at radius 2 is 1.81 bits per heavy atom. The van der Waals surface area contributed by atoms with Gasteiger partial charge in [-0.2, -0.15) is 0 Å². The van der Waals surface area contributed by atoms with Crippen LogP contribution in [0.25, 0.3) is 0 Å². The highest BCUT2D eigenvalue weighted by molar-refractivity contribution is 8.13. The van der Waals surface area contributed by atoms with Crippen molar-refractivity contribution in [3.63, 3.8) is 0 Å². The number of anilines is 1. The van der Waals surface area contributed by atoms with Gasteiger partial charge in [0.25, 0.3) is 9.05 Å². The normalized spacial score (nSPS) is 11.2. The highest BCUT2D eigenvalue weighted by Gasteiger charge is 2.15. The molecule has 0 fully saturated rings. The van der Waals surface area contributed by atoms with Gasteiger partial charge in [0.1, 0.15) is 0 Å². The van der Waals surface area contributed by atoms with Gasteiger partial charge in [0, 0.05) is 23.3 Å². The zero-order valence-electron chi connectivity index (χ0n) is 9.17. The molecule has 0 unspecified atom stereocenters. The number of carbonyl (C=O) groups is 1. The molecule has 1 amide bonds. The molecule has 0 aliphatic heterocycles. The standard InChI is InChI=1S/C10H12ClNO3S/c1-6-4-7(2)10(16(11,14)15)5-9(6)12-8(3)13/h4-5H,1-3H3,(H,12,13). The zero-order chi connectivity index (χ0) is 12.5. The Balaban J connectivity index is 3.38. The van der Waals surface area contributed by atoms with Crippen molar-refractivity contribution in [2.75, 3.05) is 5.32 Å². The Bertz CT molecular complexity index is 537. The predicted molar refractivity (Wildman–Crippen MR) is 63.3 cm³/mol. The average Bonchev–Trinajstić information content (AvgIpc) is 2.06. The third kappa shape index (κ3) is 2.96. The van der Waals surface area contributed by atoms with E-state index in [-0.39, 0.29) is 10.8 Å². The van der Waals surface area contributed by atoms with Crippen molar-refractivity contribution in [2.24, 2.45) is 0 Å². The van der Waals surface area contributed by atoms with Crippen molar-refractivity contribution in [2.45, 2.75) is 25.7 Å². The molecule has 0 atom stereocenters. The number of aryl methyl sites for hydroxylation is 2. The summed E-state index contributed by atoms with van der Waals surface area (Å²) < 4.78 is 22.5. The number of halogens is 1. The van der Waals surface area contributed by atoms with E-state index in [0.29, 0.717) is 11.3 Å². The summed E-state index contributed by atoms with van der Waals surface area (Å²) in [6.07, 6.45) is 0. The first-order chi connectivity index (χ1) is 7.21. The molecule has 6 heteroatoms. The van der Waals surface area contributed by atoms with Gasteiger partial charge in [-0.15, -0.1) is 0 Å². The molecule has 1 aromatic carbocycles. The molecule has 0 aliphatic carbocycles. The van der Waals surface area contributed by atoms with Crippen LogP contribution in [0.4, 0.5) is 5.69 Å². The second-order valence-electron chi connectivity index (χ2n) is 3.55. The summed E-state index contributed by atoms with van der Waals surface area (Å²) >= 11 is 0. The van der Waals surface area contributed by atoms with Crippen LogP contribution in [0.15, 0.2) is 17.0 Å². The fraction of sp³-hybridized carbons (Fsp3) is 0.300. The first-order valence-electron chi connectivity index (χ1n) is 4.55.